The second kappa shape index (κ2) is 9.39. The molecule has 2 aromatic carbocycles. The van der Waals surface area contributed by atoms with Crippen molar-refractivity contribution in [2.24, 2.45) is 0 Å². The molecule has 0 aliphatic carbocycles. The lowest BCUT2D eigenvalue weighted by Crippen LogP contribution is -2.48. The lowest BCUT2D eigenvalue weighted by molar-refractivity contribution is -0.384. The van der Waals surface area contributed by atoms with Gasteiger partial charge in [0, 0.05) is 50.9 Å². The third-order valence-electron chi connectivity index (χ3n) is 5.84. The number of ether oxygens (including phenoxy) is 1. The molecular formula is C23H24N4O6. The number of methoxy groups -OCH3 is 1. The maximum absolute atomic E-state index is 13.6. The first-order valence-corrected chi connectivity index (χ1v) is 10.5. The number of piperazine rings is 1. The van der Waals surface area contributed by atoms with Gasteiger partial charge in [0.2, 0.25) is 0 Å². The molecule has 10 nitrogen and oxygen atoms in total. The van der Waals surface area contributed by atoms with Crippen LogP contribution in [0.2, 0.25) is 0 Å². The molecule has 0 radical (unpaired) electrons. The number of rotatable bonds is 7. The lowest BCUT2D eigenvalue weighted by atomic mass is 10.0. The van der Waals surface area contributed by atoms with Crippen LogP contribution in [0.25, 0.3) is 5.57 Å². The fourth-order valence-electron chi connectivity index (χ4n) is 4.14. The fourth-order valence-corrected chi connectivity index (χ4v) is 4.14. The molecule has 10 heteroatoms. The van der Waals surface area contributed by atoms with Gasteiger partial charge in [-0.15, -0.1) is 0 Å². The van der Waals surface area contributed by atoms with E-state index in [1.165, 1.54) is 31.4 Å². The molecule has 172 valence electrons. The van der Waals surface area contributed by atoms with E-state index in [4.69, 9.17) is 4.74 Å². The van der Waals surface area contributed by atoms with Crippen LogP contribution in [0.3, 0.4) is 0 Å². The van der Waals surface area contributed by atoms with Crippen LogP contribution in [-0.4, -0.2) is 78.1 Å². The van der Waals surface area contributed by atoms with E-state index in [1.807, 2.05) is 4.90 Å². The van der Waals surface area contributed by atoms with Gasteiger partial charge in [0.25, 0.3) is 17.5 Å². The molecule has 4 rings (SSSR count). The first-order valence-electron chi connectivity index (χ1n) is 10.5. The minimum Gasteiger partial charge on any atom is -0.497 e. The highest BCUT2D eigenvalue weighted by Crippen LogP contribution is 2.36. The maximum atomic E-state index is 13.6. The number of hydrogen-bond donors (Lipinski definition) is 1. The Labute approximate surface area is 190 Å². The molecule has 1 saturated heterocycles. The van der Waals surface area contributed by atoms with Gasteiger partial charge in [-0.05, 0) is 29.8 Å². The molecule has 0 bridgehead atoms. The van der Waals surface area contributed by atoms with E-state index in [2.05, 4.69) is 4.90 Å². The van der Waals surface area contributed by atoms with Gasteiger partial charge in [-0.3, -0.25) is 24.6 Å². The largest absolute Gasteiger partial charge is 0.497 e. The van der Waals surface area contributed by atoms with Crippen molar-refractivity contribution in [1.82, 2.24) is 9.80 Å². The summed E-state index contributed by atoms with van der Waals surface area (Å²) in [6.45, 7) is 2.90. The van der Waals surface area contributed by atoms with E-state index in [9.17, 15) is 24.8 Å². The summed E-state index contributed by atoms with van der Waals surface area (Å²) in [5.74, 6) is -0.428. The molecule has 2 aliphatic heterocycles. The summed E-state index contributed by atoms with van der Waals surface area (Å²) in [5, 5.41) is 20.3. The number of imide groups is 1. The predicted molar refractivity (Wildman–Crippen MR) is 121 cm³/mol. The van der Waals surface area contributed by atoms with Crippen molar-refractivity contribution in [1.29, 1.82) is 0 Å². The molecule has 33 heavy (non-hydrogen) atoms. The van der Waals surface area contributed by atoms with Crippen LogP contribution < -0.4 is 9.64 Å². The Morgan fingerprint density at radius 3 is 2.33 bits per heavy atom. The Balaban J connectivity index is 1.75. The molecule has 1 fully saturated rings. The number of aliphatic hydroxyl groups excluding tert-OH is 1. The normalized spacial score (nSPS) is 17.2. The van der Waals surface area contributed by atoms with Crippen LogP contribution in [0.15, 0.2) is 54.2 Å². The molecule has 2 aromatic rings. The van der Waals surface area contributed by atoms with Crippen LogP contribution in [0.1, 0.15) is 5.56 Å². The molecule has 1 N–H and O–H groups in total. The molecular weight excluding hydrogens is 428 g/mol. The summed E-state index contributed by atoms with van der Waals surface area (Å²) in [7, 11) is 1.50. The molecule has 0 spiro atoms. The molecule has 2 amide bonds. The first kappa shape index (κ1) is 22.4. The summed E-state index contributed by atoms with van der Waals surface area (Å²) in [4.78, 5) is 42.8. The zero-order valence-electron chi connectivity index (χ0n) is 18.1. The van der Waals surface area contributed by atoms with E-state index in [1.54, 1.807) is 24.3 Å². The zero-order chi connectivity index (χ0) is 23.5. The Morgan fingerprint density at radius 2 is 1.73 bits per heavy atom. The topological polar surface area (TPSA) is 116 Å². The molecule has 2 heterocycles. The highest BCUT2D eigenvalue weighted by atomic mass is 16.6. The zero-order valence-corrected chi connectivity index (χ0v) is 18.1. The number of carbonyl (C=O) groups excluding carboxylic acids is 2. The van der Waals surface area contributed by atoms with Crippen LogP contribution >= 0.6 is 0 Å². The number of hydrogen-bond acceptors (Lipinski definition) is 8. The van der Waals surface area contributed by atoms with Crippen LogP contribution in [-0.2, 0) is 9.59 Å². The van der Waals surface area contributed by atoms with Crippen LogP contribution in [0, 0.1) is 10.1 Å². The summed E-state index contributed by atoms with van der Waals surface area (Å²) in [5.41, 5.74) is 1.23. The number of benzene rings is 2. The van der Waals surface area contributed by atoms with Crippen molar-refractivity contribution < 1.29 is 24.4 Å². The second-order valence-electron chi connectivity index (χ2n) is 7.73. The average Bonchev–Trinajstić information content (AvgIpc) is 3.09. The predicted octanol–water partition coefficient (Wildman–Crippen LogP) is 1.50. The Morgan fingerprint density at radius 1 is 1.03 bits per heavy atom. The van der Waals surface area contributed by atoms with Crippen molar-refractivity contribution in [2.45, 2.75) is 0 Å². The van der Waals surface area contributed by atoms with E-state index in [0.717, 1.165) is 4.90 Å². The highest BCUT2D eigenvalue weighted by molar-refractivity contribution is 6.45. The van der Waals surface area contributed by atoms with Crippen molar-refractivity contribution in [3.05, 3.63) is 69.9 Å². The summed E-state index contributed by atoms with van der Waals surface area (Å²) in [6.07, 6.45) is 0. The SMILES string of the molecule is COc1cccc(N2C(=O)C(c3ccc([N+](=O)[O-])cc3)=C(N3CCN(CCO)CC3)C2=O)c1. The van der Waals surface area contributed by atoms with E-state index < -0.39 is 16.7 Å². The molecule has 2 aliphatic rings. The minimum atomic E-state index is -0.510. The Bertz CT molecular complexity index is 1110. The molecule has 0 saturated carbocycles. The number of nitro benzene ring substituents is 1. The first-order chi connectivity index (χ1) is 15.9. The number of carbonyl (C=O) groups is 2. The summed E-state index contributed by atoms with van der Waals surface area (Å²) < 4.78 is 5.25. The van der Waals surface area contributed by atoms with Crippen molar-refractivity contribution in [3.63, 3.8) is 0 Å². The van der Waals surface area contributed by atoms with E-state index in [-0.39, 0.29) is 23.6 Å². The number of nitrogens with zero attached hydrogens (tertiary/aromatic N) is 4. The van der Waals surface area contributed by atoms with Crippen molar-refractivity contribution in [2.75, 3.05) is 51.3 Å². The van der Waals surface area contributed by atoms with Gasteiger partial charge >= 0.3 is 0 Å². The number of non-ortho nitro benzene ring substituents is 1. The van der Waals surface area contributed by atoms with Crippen molar-refractivity contribution in [3.8, 4) is 5.75 Å². The van der Waals surface area contributed by atoms with Gasteiger partial charge in [0.1, 0.15) is 11.4 Å². The molecule has 0 aromatic heterocycles. The second-order valence-corrected chi connectivity index (χ2v) is 7.73. The number of amides is 2. The lowest BCUT2D eigenvalue weighted by Gasteiger charge is -2.36. The smallest absolute Gasteiger partial charge is 0.282 e. The van der Waals surface area contributed by atoms with E-state index >= 15 is 0 Å². The number of anilines is 1. The standard InChI is InChI=1S/C23H24N4O6/c1-33-19-4-2-3-18(15-19)26-22(29)20(16-5-7-17(8-6-16)27(31)32)21(23(26)30)25-11-9-24(10-12-25)13-14-28/h2-8,15,28H,9-14H2,1H3. The van der Waals surface area contributed by atoms with E-state index in [0.29, 0.717) is 49.7 Å². The van der Waals surface area contributed by atoms with Gasteiger partial charge in [0.05, 0.1) is 29.9 Å². The number of β-amino-alcohol motifs (C(OH)–C–C–N with tert-alkyl or cyclic N) is 1. The monoisotopic (exact) mass is 452 g/mol. The van der Waals surface area contributed by atoms with Gasteiger partial charge in [0.15, 0.2) is 0 Å². The third kappa shape index (κ3) is 4.30. The quantitative estimate of drug-likeness (QED) is 0.382. The van der Waals surface area contributed by atoms with Gasteiger partial charge in [-0.25, -0.2) is 4.90 Å². The molecule has 0 atom stereocenters. The summed E-state index contributed by atoms with van der Waals surface area (Å²) >= 11 is 0. The minimum absolute atomic E-state index is 0.0533. The van der Waals surface area contributed by atoms with Crippen molar-refractivity contribution >= 4 is 28.8 Å². The Kier molecular flexibility index (Phi) is 6.38. The fraction of sp³-hybridized carbons (Fsp3) is 0.304. The maximum Gasteiger partial charge on any atom is 0.282 e. The van der Waals surface area contributed by atoms with Gasteiger partial charge < -0.3 is 14.7 Å². The van der Waals surface area contributed by atoms with Gasteiger partial charge in [-0.1, -0.05) is 6.07 Å². The van der Waals surface area contributed by atoms with Crippen LogP contribution in [0.5, 0.6) is 5.75 Å². The van der Waals surface area contributed by atoms with Crippen LogP contribution in [0.4, 0.5) is 11.4 Å². The van der Waals surface area contributed by atoms with Gasteiger partial charge in [-0.2, -0.15) is 0 Å². The molecule has 0 unspecified atom stereocenters. The summed E-state index contributed by atoms with van der Waals surface area (Å²) in [6, 6.07) is 12.3. The highest BCUT2D eigenvalue weighted by Gasteiger charge is 2.43. The average molecular weight is 452 g/mol. The third-order valence-corrected chi connectivity index (χ3v) is 5.84. The number of nitro groups is 1. The number of aliphatic hydroxyl groups is 1. The Hall–Kier alpha value is -3.76.